The molecule has 10 nitrogen and oxygen atoms in total. The third-order valence-corrected chi connectivity index (χ3v) is 8.72. The number of hydrogen-bond acceptors (Lipinski definition) is 8. The van der Waals surface area contributed by atoms with Crippen molar-refractivity contribution in [1.82, 2.24) is 19.6 Å². The first-order chi connectivity index (χ1) is 27.2. The summed E-state index contributed by atoms with van der Waals surface area (Å²) in [7, 11) is -1.64. The molecule has 0 aliphatic rings. The van der Waals surface area contributed by atoms with Crippen LogP contribution in [-0.2, 0) is 22.7 Å². The molecule has 6 aromatic rings. The van der Waals surface area contributed by atoms with Gasteiger partial charge in [-0.1, -0.05) is 42.5 Å². The average molecular weight is 930 g/mol. The Morgan fingerprint density at radius 2 is 1.10 bits per heavy atom. The van der Waals surface area contributed by atoms with Crippen molar-refractivity contribution in [3.63, 3.8) is 0 Å². The lowest BCUT2D eigenvalue weighted by Gasteiger charge is -2.16. The molecule has 0 saturated heterocycles. The highest BCUT2D eigenvalue weighted by Gasteiger charge is 2.37. The third kappa shape index (κ3) is 13.5. The Kier molecular flexibility index (Phi) is 15.8. The molecule has 0 fully saturated rings. The van der Waals surface area contributed by atoms with Crippen LogP contribution in [0.4, 0.5) is 46.8 Å². The second kappa shape index (κ2) is 20.1. The number of rotatable bonds is 10. The van der Waals surface area contributed by atoms with E-state index in [2.05, 4.69) is 37.5 Å². The van der Waals surface area contributed by atoms with Gasteiger partial charge in [0, 0.05) is 17.7 Å². The molecule has 2 aromatic heterocycles. The van der Waals surface area contributed by atoms with Gasteiger partial charge in [-0.2, -0.15) is 31.4 Å². The van der Waals surface area contributed by atoms with E-state index in [1.165, 1.54) is 42.5 Å². The summed E-state index contributed by atoms with van der Waals surface area (Å²) >= 11 is 2.12. The van der Waals surface area contributed by atoms with Gasteiger partial charge in [0.05, 0.1) is 30.3 Å². The second-order valence-corrected chi connectivity index (χ2v) is 13.5. The zero-order valence-electron chi connectivity index (χ0n) is 30.6. The molecule has 0 aliphatic heterocycles. The molecule has 4 aromatic carbocycles. The van der Waals surface area contributed by atoms with Crippen LogP contribution >= 0.6 is 22.6 Å². The molecule has 0 aliphatic carbocycles. The summed E-state index contributed by atoms with van der Waals surface area (Å²) in [6.07, 6.45) is -12.5. The number of alkyl halides is 6. The molecule has 0 bridgehead atoms. The van der Waals surface area contributed by atoms with Gasteiger partial charge >= 0.3 is 19.5 Å². The van der Waals surface area contributed by atoms with Gasteiger partial charge in [-0.25, -0.2) is 18.1 Å². The minimum atomic E-state index is -4.41. The minimum Gasteiger partial charge on any atom is -0.423 e. The number of nitrogens with zero attached hydrogens (tertiary/aromatic N) is 4. The maximum Gasteiger partial charge on any atom is 0.488 e. The molecule has 20 heteroatoms. The van der Waals surface area contributed by atoms with E-state index in [0.29, 0.717) is 33.9 Å². The van der Waals surface area contributed by atoms with Crippen LogP contribution in [0.5, 0.6) is 0 Å². The topological polar surface area (TPSA) is 147 Å². The first-order valence-corrected chi connectivity index (χ1v) is 18.1. The lowest BCUT2D eigenvalue weighted by Crippen LogP contribution is -2.30. The van der Waals surface area contributed by atoms with Gasteiger partial charge in [-0.15, -0.1) is 5.10 Å². The molecule has 0 spiro atoms. The van der Waals surface area contributed by atoms with Crippen molar-refractivity contribution in [2.75, 3.05) is 11.5 Å². The lowest BCUT2D eigenvalue weighted by atomic mass is 9.80. The number of aromatic nitrogens is 4. The number of ether oxygens (including phenoxy) is 2. The van der Waals surface area contributed by atoms with E-state index in [1.807, 2.05) is 0 Å². The van der Waals surface area contributed by atoms with Gasteiger partial charge in [-0.3, -0.25) is 0 Å². The van der Waals surface area contributed by atoms with Crippen molar-refractivity contribution in [2.24, 2.45) is 0 Å². The van der Waals surface area contributed by atoms with Crippen LogP contribution in [0.3, 0.4) is 0 Å². The van der Waals surface area contributed by atoms with E-state index >= 15 is 0 Å². The molecule has 2 atom stereocenters. The molecule has 6 rings (SSSR count). The van der Waals surface area contributed by atoms with Crippen LogP contribution in [0.15, 0.2) is 109 Å². The number of nitrogen functional groups attached to an aromatic ring is 2. The van der Waals surface area contributed by atoms with Crippen molar-refractivity contribution in [1.29, 1.82) is 0 Å². The van der Waals surface area contributed by atoms with Crippen LogP contribution in [-0.4, -0.2) is 61.3 Å². The summed E-state index contributed by atoms with van der Waals surface area (Å²) in [4.78, 5) is 0. The summed E-state index contributed by atoms with van der Waals surface area (Å²) in [6.45, 7) is 1.47. The van der Waals surface area contributed by atoms with Crippen molar-refractivity contribution < 1.29 is 54.6 Å². The third-order valence-electron chi connectivity index (χ3n) is 7.95. The van der Waals surface area contributed by atoms with E-state index < -0.39 is 31.7 Å². The Labute approximate surface area is 341 Å². The van der Waals surface area contributed by atoms with Crippen LogP contribution in [0.2, 0.25) is 0 Å². The number of halogens is 9. The van der Waals surface area contributed by atoms with E-state index in [-0.39, 0.29) is 36.1 Å². The van der Waals surface area contributed by atoms with Crippen molar-refractivity contribution in [2.45, 2.75) is 51.6 Å². The predicted octanol–water partition coefficient (Wildman–Crippen LogP) is 7.76. The summed E-state index contributed by atoms with van der Waals surface area (Å²) < 4.78 is 114. The first kappa shape index (κ1) is 45.7. The lowest BCUT2D eigenvalue weighted by molar-refractivity contribution is -0.217. The number of benzene rings is 4. The van der Waals surface area contributed by atoms with E-state index in [0.717, 1.165) is 23.2 Å². The maximum absolute atomic E-state index is 13.2. The zero-order chi connectivity index (χ0) is 42.8. The number of nitrogens with two attached hydrogens (primary N) is 2. The Morgan fingerprint density at radius 3 is 1.57 bits per heavy atom. The molecule has 58 heavy (non-hydrogen) atoms. The molecular formula is C38H36BF8IN6O4. The smallest absolute Gasteiger partial charge is 0.423 e. The molecular weight excluding hydrogens is 894 g/mol. The Morgan fingerprint density at radius 1 is 0.655 bits per heavy atom. The fourth-order valence-corrected chi connectivity index (χ4v) is 5.52. The number of anilines is 2. The van der Waals surface area contributed by atoms with Crippen LogP contribution in [0, 0.1) is 15.3 Å². The van der Waals surface area contributed by atoms with Crippen LogP contribution < -0.4 is 16.9 Å². The van der Waals surface area contributed by atoms with E-state index in [9.17, 15) is 35.1 Å². The van der Waals surface area contributed by atoms with Gasteiger partial charge in [0.15, 0.2) is 12.2 Å². The molecule has 0 unspecified atom stereocenters. The van der Waals surface area contributed by atoms with Crippen LogP contribution in [0.1, 0.15) is 25.0 Å². The Bertz CT molecular complexity index is 2220. The quantitative estimate of drug-likeness (QED) is 0.0620. The summed E-state index contributed by atoms with van der Waals surface area (Å²) in [5, 5.41) is 26.1. The second-order valence-electron chi connectivity index (χ2n) is 12.4. The summed E-state index contributed by atoms with van der Waals surface area (Å²) in [6, 6.07) is 28.0. The number of hydrogen-bond donors (Lipinski definition) is 4. The summed E-state index contributed by atoms with van der Waals surface area (Å²) in [5.41, 5.74) is 15.3. The standard InChI is InChI=1S/C19H17F4N3O.C10H12BF3O3.C9H7FIN3/c1-12(19(21,22)23)27-11-13-3-2-4-14(9-13)17-10-18(24)25-26(17)16-7-5-15(20)6-8-16;1-7(10(12,13)14)17-6-8-3-2-4-9(5-8)11(15)16;10-6-1-3-7(4-2-6)14-8(11)5-9(12)13-14/h2-10,12H,11H2,1H3,(H2,24,25);2-5,7,15-16H,6H2,1H3;1-5H,(H2,12,13)/t12-;7-;/m11./s1. The van der Waals surface area contributed by atoms with Crippen molar-refractivity contribution >= 4 is 46.8 Å². The fraction of sp³-hybridized carbons (Fsp3) is 0.211. The van der Waals surface area contributed by atoms with Crippen molar-refractivity contribution in [3.05, 3.63) is 136 Å². The van der Waals surface area contributed by atoms with Gasteiger partial charge in [0.1, 0.15) is 27.0 Å². The molecule has 0 radical (unpaired) electrons. The normalized spacial score (nSPS) is 12.5. The molecule has 6 N–H and O–H groups in total. The predicted molar refractivity (Wildman–Crippen MR) is 211 cm³/mol. The molecule has 2 heterocycles. The van der Waals surface area contributed by atoms with Crippen molar-refractivity contribution in [3.8, 4) is 22.6 Å². The Balaban J connectivity index is 0.000000206. The zero-order valence-corrected chi connectivity index (χ0v) is 32.8. The minimum absolute atomic E-state index is 0.186. The SMILES string of the molecule is C[C@@H](OCc1cccc(-c2cc(N)nn2-c2ccc(F)cc2)c1)C(F)(F)F.C[C@@H](OCc1cccc(B(O)O)c1)C(F)(F)F.Nc1cc(I)n(-c2ccc(F)cc2)n1. The average Bonchev–Trinajstić information content (AvgIpc) is 3.73. The largest absolute Gasteiger partial charge is 0.488 e. The van der Waals surface area contributed by atoms with Crippen LogP contribution in [0.25, 0.3) is 22.6 Å². The first-order valence-electron chi connectivity index (χ1n) is 17.0. The van der Waals surface area contributed by atoms with Gasteiger partial charge in [-0.05, 0) is 108 Å². The maximum atomic E-state index is 13.2. The summed E-state index contributed by atoms with van der Waals surface area (Å²) in [5.74, 6) is 0.0858. The monoisotopic (exact) mass is 930 g/mol. The van der Waals surface area contributed by atoms with E-state index in [1.54, 1.807) is 76.1 Å². The van der Waals surface area contributed by atoms with Gasteiger partial charge in [0.2, 0.25) is 0 Å². The molecule has 0 amide bonds. The molecule has 308 valence electrons. The highest BCUT2D eigenvalue weighted by Crippen LogP contribution is 2.28. The highest BCUT2D eigenvalue weighted by molar-refractivity contribution is 14.1. The molecule has 0 saturated carbocycles. The Hall–Kier alpha value is -5.03. The highest BCUT2D eigenvalue weighted by atomic mass is 127. The fourth-order valence-electron chi connectivity index (χ4n) is 4.82. The van der Waals surface area contributed by atoms with Gasteiger partial charge in [0.25, 0.3) is 0 Å². The van der Waals surface area contributed by atoms with E-state index in [4.69, 9.17) is 26.3 Å². The van der Waals surface area contributed by atoms with Gasteiger partial charge < -0.3 is 31.0 Å².